The van der Waals surface area contributed by atoms with Crippen LogP contribution in [0.5, 0.6) is 0 Å². The first kappa shape index (κ1) is 17.6. The van der Waals surface area contributed by atoms with Gasteiger partial charge in [-0.1, -0.05) is 48.5 Å². The fraction of sp³-hybridized carbons (Fsp3) is 0.0909. The molecule has 0 saturated carbocycles. The zero-order chi connectivity index (χ0) is 19.3. The van der Waals surface area contributed by atoms with Gasteiger partial charge >= 0.3 is 0 Å². The van der Waals surface area contributed by atoms with Crippen molar-refractivity contribution < 1.29 is 0 Å². The maximum Gasteiger partial charge on any atom is 0.243 e. The first-order chi connectivity index (χ1) is 13.7. The van der Waals surface area contributed by atoms with E-state index in [0.717, 1.165) is 33.9 Å². The highest BCUT2D eigenvalue weighted by Crippen LogP contribution is 2.22. The Kier molecular flexibility index (Phi) is 4.93. The minimum atomic E-state index is 0.477. The Labute approximate surface area is 163 Å². The van der Waals surface area contributed by atoms with Crippen LogP contribution in [0.4, 0.5) is 5.95 Å². The van der Waals surface area contributed by atoms with Gasteiger partial charge in [0.05, 0.1) is 11.9 Å². The monoisotopic (exact) mass is 368 g/mol. The molecular weight excluding hydrogens is 348 g/mol. The van der Waals surface area contributed by atoms with E-state index in [9.17, 15) is 0 Å². The molecule has 0 bridgehead atoms. The minimum Gasteiger partial charge on any atom is -0.245 e. The summed E-state index contributed by atoms with van der Waals surface area (Å²) in [5, 5.41) is 9.10. The largest absolute Gasteiger partial charge is 0.245 e. The number of aryl methyl sites for hydroxylation is 2. The number of hydrazone groups is 1. The molecule has 4 aromatic rings. The summed E-state index contributed by atoms with van der Waals surface area (Å²) in [6, 6.07) is 22.0. The summed E-state index contributed by atoms with van der Waals surface area (Å²) in [6.07, 6.45) is 3.71. The Morgan fingerprint density at radius 2 is 1.54 bits per heavy atom. The number of aromatic nitrogens is 4. The number of anilines is 1. The topological polar surface area (TPSA) is 68.0 Å². The van der Waals surface area contributed by atoms with Gasteiger partial charge in [0.15, 0.2) is 0 Å². The number of nitrogens with zero attached hydrogens (tertiary/aromatic N) is 5. The fourth-order valence-electron chi connectivity index (χ4n) is 2.95. The van der Waals surface area contributed by atoms with E-state index in [-0.39, 0.29) is 0 Å². The molecule has 0 aliphatic carbocycles. The molecule has 2 aromatic heterocycles. The predicted octanol–water partition coefficient (Wildman–Crippen LogP) is 4.39. The quantitative estimate of drug-likeness (QED) is 0.419. The van der Waals surface area contributed by atoms with Crippen molar-refractivity contribution >= 4 is 12.2 Å². The predicted molar refractivity (Wildman–Crippen MR) is 112 cm³/mol. The highest BCUT2D eigenvalue weighted by molar-refractivity contribution is 5.89. The van der Waals surface area contributed by atoms with E-state index in [1.165, 1.54) is 0 Å². The van der Waals surface area contributed by atoms with Crippen molar-refractivity contribution in [1.29, 1.82) is 0 Å². The zero-order valence-corrected chi connectivity index (χ0v) is 15.7. The average molecular weight is 368 g/mol. The van der Waals surface area contributed by atoms with Gasteiger partial charge in [-0.25, -0.2) is 20.1 Å². The summed E-state index contributed by atoms with van der Waals surface area (Å²) < 4.78 is 1.86. The van der Waals surface area contributed by atoms with Crippen LogP contribution < -0.4 is 5.43 Å². The maximum atomic E-state index is 4.77. The lowest BCUT2D eigenvalue weighted by Gasteiger charge is -2.01. The average Bonchev–Trinajstić information content (AvgIpc) is 3.13. The van der Waals surface area contributed by atoms with E-state index in [2.05, 4.69) is 20.5 Å². The van der Waals surface area contributed by atoms with Crippen LogP contribution in [0.1, 0.15) is 17.0 Å². The summed E-state index contributed by atoms with van der Waals surface area (Å²) in [5.41, 5.74) is 8.48. The standard InChI is InChI=1S/C22H20N6/c1-16-13-17(2)25-22(24-16)26-23-14-19-15-28(20-11-7-4-8-12-20)27-21(19)18-9-5-3-6-10-18/h3-15H,1-2H3,(H,24,25,26)/b23-14+. The van der Waals surface area contributed by atoms with Gasteiger partial charge in [0.2, 0.25) is 5.95 Å². The second-order valence-corrected chi connectivity index (χ2v) is 6.42. The van der Waals surface area contributed by atoms with E-state index in [4.69, 9.17) is 5.10 Å². The molecule has 0 unspecified atom stereocenters. The van der Waals surface area contributed by atoms with Crippen LogP contribution in [0.2, 0.25) is 0 Å². The molecule has 2 aromatic carbocycles. The molecule has 6 nitrogen and oxygen atoms in total. The fourth-order valence-corrected chi connectivity index (χ4v) is 2.95. The molecule has 1 N–H and O–H groups in total. The third kappa shape index (κ3) is 3.96. The number of hydrogen-bond donors (Lipinski definition) is 1. The number of hydrogen-bond acceptors (Lipinski definition) is 5. The molecule has 0 aliphatic rings. The van der Waals surface area contributed by atoms with E-state index >= 15 is 0 Å². The van der Waals surface area contributed by atoms with E-state index in [0.29, 0.717) is 5.95 Å². The molecule has 0 radical (unpaired) electrons. The first-order valence-electron chi connectivity index (χ1n) is 9.01. The lowest BCUT2D eigenvalue weighted by Crippen LogP contribution is -1.99. The number of nitrogens with one attached hydrogen (secondary N) is 1. The molecule has 6 heteroatoms. The molecule has 0 fully saturated rings. The number of benzene rings is 2. The molecule has 138 valence electrons. The summed E-state index contributed by atoms with van der Waals surface area (Å²) in [5.74, 6) is 0.477. The normalized spacial score (nSPS) is 11.1. The van der Waals surface area contributed by atoms with Crippen LogP contribution in [0.25, 0.3) is 16.9 Å². The van der Waals surface area contributed by atoms with Crippen LogP contribution >= 0.6 is 0 Å². The highest BCUT2D eigenvalue weighted by atomic mass is 15.3. The number of rotatable bonds is 5. The smallest absolute Gasteiger partial charge is 0.243 e. The van der Waals surface area contributed by atoms with Gasteiger partial charge in [0, 0.05) is 28.7 Å². The van der Waals surface area contributed by atoms with Crippen LogP contribution in [-0.2, 0) is 0 Å². The lowest BCUT2D eigenvalue weighted by atomic mass is 10.1. The van der Waals surface area contributed by atoms with Crippen molar-refractivity contribution in [3.63, 3.8) is 0 Å². The highest BCUT2D eigenvalue weighted by Gasteiger charge is 2.10. The second-order valence-electron chi connectivity index (χ2n) is 6.42. The summed E-state index contributed by atoms with van der Waals surface area (Å²) in [6.45, 7) is 3.86. The van der Waals surface area contributed by atoms with Crippen LogP contribution in [-0.4, -0.2) is 26.0 Å². The Bertz CT molecular complexity index is 1080. The Morgan fingerprint density at radius 1 is 0.893 bits per heavy atom. The van der Waals surface area contributed by atoms with Crippen molar-refractivity contribution in [1.82, 2.24) is 19.7 Å². The van der Waals surface area contributed by atoms with E-state index < -0.39 is 0 Å². The Morgan fingerprint density at radius 3 is 2.21 bits per heavy atom. The van der Waals surface area contributed by atoms with Gasteiger partial charge in [-0.2, -0.15) is 10.2 Å². The molecule has 4 rings (SSSR count). The van der Waals surface area contributed by atoms with Crippen molar-refractivity contribution in [3.8, 4) is 16.9 Å². The van der Waals surface area contributed by atoms with E-state index in [1.807, 2.05) is 91.5 Å². The van der Waals surface area contributed by atoms with Gasteiger partial charge in [0.25, 0.3) is 0 Å². The third-order valence-electron chi connectivity index (χ3n) is 4.16. The molecule has 0 atom stereocenters. The minimum absolute atomic E-state index is 0.477. The van der Waals surface area contributed by atoms with Crippen LogP contribution in [0.15, 0.2) is 78.0 Å². The molecule has 28 heavy (non-hydrogen) atoms. The van der Waals surface area contributed by atoms with Crippen LogP contribution in [0.3, 0.4) is 0 Å². The summed E-state index contributed by atoms with van der Waals surface area (Å²) in [7, 11) is 0. The van der Waals surface area contributed by atoms with Crippen molar-refractivity contribution in [2.75, 3.05) is 5.43 Å². The van der Waals surface area contributed by atoms with Gasteiger partial charge in [-0.05, 0) is 32.0 Å². The summed E-state index contributed by atoms with van der Waals surface area (Å²) >= 11 is 0. The Balaban J connectivity index is 1.67. The molecule has 0 amide bonds. The van der Waals surface area contributed by atoms with Gasteiger partial charge in [-0.15, -0.1) is 0 Å². The number of para-hydroxylation sites is 1. The zero-order valence-electron chi connectivity index (χ0n) is 15.7. The van der Waals surface area contributed by atoms with Gasteiger partial charge < -0.3 is 0 Å². The molecule has 0 spiro atoms. The second kappa shape index (κ2) is 7.84. The Hall–Kier alpha value is -3.80. The van der Waals surface area contributed by atoms with Crippen molar-refractivity contribution in [3.05, 3.63) is 89.9 Å². The lowest BCUT2D eigenvalue weighted by molar-refractivity contribution is 0.884. The molecule has 2 heterocycles. The van der Waals surface area contributed by atoms with E-state index in [1.54, 1.807) is 6.21 Å². The van der Waals surface area contributed by atoms with Gasteiger partial charge in [-0.3, -0.25) is 0 Å². The molecular formula is C22H20N6. The third-order valence-corrected chi connectivity index (χ3v) is 4.16. The van der Waals surface area contributed by atoms with Crippen LogP contribution in [0, 0.1) is 13.8 Å². The summed E-state index contributed by atoms with van der Waals surface area (Å²) in [4.78, 5) is 8.68. The maximum absolute atomic E-state index is 4.77. The first-order valence-corrected chi connectivity index (χ1v) is 9.01. The molecule has 0 aliphatic heterocycles. The van der Waals surface area contributed by atoms with Crippen molar-refractivity contribution in [2.24, 2.45) is 5.10 Å². The van der Waals surface area contributed by atoms with Gasteiger partial charge in [0.1, 0.15) is 5.69 Å². The molecule has 0 saturated heterocycles. The van der Waals surface area contributed by atoms with Crippen molar-refractivity contribution in [2.45, 2.75) is 13.8 Å². The SMILES string of the molecule is Cc1cc(C)nc(N/N=C/c2cn(-c3ccccc3)nc2-c2ccccc2)n1.